The van der Waals surface area contributed by atoms with E-state index in [0.29, 0.717) is 5.69 Å². The fraction of sp³-hybridized carbons (Fsp3) is 0.368. The quantitative estimate of drug-likeness (QED) is 0.903. The summed E-state index contributed by atoms with van der Waals surface area (Å²) in [5.41, 5.74) is 2.56. The molecule has 1 spiro atoms. The molecule has 4 nitrogen and oxygen atoms in total. The molecule has 4 heteroatoms. The third kappa shape index (κ3) is 2.63. The molecular weight excluding hydrogens is 286 g/mol. The third-order valence-corrected chi connectivity index (χ3v) is 4.93. The molecule has 2 heterocycles. The van der Waals surface area contributed by atoms with E-state index in [1.54, 1.807) is 12.3 Å². The lowest BCUT2D eigenvalue weighted by atomic mass is 9.86. The number of aromatic nitrogens is 1. The Labute approximate surface area is 136 Å². The highest BCUT2D eigenvalue weighted by molar-refractivity contribution is 5.49. The van der Waals surface area contributed by atoms with Gasteiger partial charge in [-0.3, -0.25) is 0 Å². The molecule has 23 heavy (non-hydrogen) atoms. The molecule has 1 N–H and O–H groups in total. The molecular formula is C19H19N3O. The number of anilines is 1. The van der Waals surface area contributed by atoms with E-state index in [-0.39, 0.29) is 11.6 Å². The summed E-state index contributed by atoms with van der Waals surface area (Å²) in [6.07, 6.45) is 7.46. The Morgan fingerprint density at radius 1 is 1.17 bits per heavy atom. The van der Waals surface area contributed by atoms with Crippen molar-refractivity contribution in [3.8, 4) is 11.8 Å². The van der Waals surface area contributed by atoms with Gasteiger partial charge in [-0.1, -0.05) is 18.2 Å². The van der Waals surface area contributed by atoms with Crippen molar-refractivity contribution in [2.45, 2.75) is 43.7 Å². The molecule has 0 saturated heterocycles. The van der Waals surface area contributed by atoms with Gasteiger partial charge in [-0.15, -0.1) is 0 Å². The van der Waals surface area contributed by atoms with Gasteiger partial charge in [-0.2, -0.15) is 5.26 Å². The summed E-state index contributed by atoms with van der Waals surface area (Å²) in [6.45, 7) is 0. The second-order valence-corrected chi connectivity index (χ2v) is 6.47. The van der Waals surface area contributed by atoms with E-state index in [0.717, 1.165) is 30.7 Å². The maximum atomic E-state index is 8.87. The van der Waals surface area contributed by atoms with Gasteiger partial charge in [0.1, 0.15) is 23.1 Å². The van der Waals surface area contributed by atoms with Crippen molar-refractivity contribution in [3.05, 3.63) is 53.9 Å². The largest absolute Gasteiger partial charge is 0.487 e. The summed E-state index contributed by atoms with van der Waals surface area (Å²) < 4.78 is 6.39. The lowest BCUT2D eigenvalue weighted by Gasteiger charge is -2.40. The van der Waals surface area contributed by atoms with Gasteiger partial charge >= 0.3 is 0 Å². The third-order valence-electron chi connectivity index (χ3n) is 4.93. The van der Waals surface area contributed by atoms with Gasteiger partial charge < -0.3 is 10.1 Å². The second-order valence-electron chi connectivity index (χ2n) is 6.47. The van der Waals surface area contributed by atoms with Gasteiger partial charge in [-0.05, 0) is 43.9 Å². The zero-order valence-corrected chi connectivity index (χ0v) is 13.0. The lowest BCUT2D eigenvalue weighted by molar-refractivity contribution is 0.0453. The Hall–Kier alpha value is -2.54. The van der Waals surface area contributed by atoms with Crippen molar-refractivity contribution in [1.82, 2.24) is 4.98 Å². The van der Waals surface area contributed by atoms with E-state index in [9.17, 15) is 0 Å². The summed E-state index contributed by atoms with van der Waals surface area (Å²) in [5.74, 6) is 1.000. The van der Waals surface area contributed by atoms with Crippen molar-refractivity contribution >= 4 is 5.69 Å². The highest BCUT2D eigenvalue weighted by Crippen LogP contribution is 2.47. The molecule has 1 unspecified atom stereocenters. The maximum absolute atomic E-state index is 8.87. The van der Waals surface area contributed by atoms with Crippen LogP contribution in [0.15, 0.2) is 42.6 Å². The van der Waals surface area contributed by atoms with E-state index in [2.05, 4.69) is 34.6 Å². The number of fused-ring (bicyclic) bond motifs is 1. The normalized spacial score (nSPS) is 21.3. The lowest BCUT2D eigenvalue weighted by Crippen LogP contribution is -2.40. The minimum absolute atomic E-state index is 0.0218. The van der Waals surface area contributed by atoms with Gasteiger partial charge in [0, 0.05) is 12.0 Å². The van der Waals surface area contributed by atoms with Gasteiger partial charge in [0.2, 0.25) is 0 Å². The summed E-state index contributed by atoms with van der Waals surface area (Å²) in [6, 6.07) is 14.2. The zero-order chi connectivity index (χ0) is 15.7. The van der Waals surface area contributed by atoms with E-state index in [1.807, 2.05) is 12.1 Å². The number of para-hydroxylation sites is 1. The predicted molar refractivity (Wildman–Crippen MR) is 88.2 cm³/mol. The van der Waals surface area contributed by atoms with Gasteiger partial charge in [0.25, 0.3) is 0 Å². The van der Waals surface area contributed by atoms with Crippen molar-refractivity contribution in [1.29, 1.82) is 5.26 Å². The van der Waals surface area contributed by atoms with Crippen LogP contribution in [0.3, 0.4) is 0 Å². The van der Waals surface area contributed by atoms with E-state index < -0.39 is 0 Å². The Balaban J connectivity index is 1.64. The number of hydrogen-bond acceptors (Lipinski definition) is 4. The smallest absolute Gasteiger partial charge is 0.140 e. The first-order valence-electron chi connectivity index (χ1n) is 8.19. The highest BCUT2D eigenvalue weighted by Gasteiger charge is 2.42. The van der Waals surface area contributed by atoms with Gasteiger partial charge in [-0.25, -0.2) is 4.98 Å². The molecule has 116 valence electrons. The standard InChI is InChI=1S/C19H19N3O/c20-12-14-7-8-15(13-21-14)22-17-11-19(9-3-4-10-19)23-18-6-2-1-5-16(17)18/h1-2,5-8,13,17,22H,3-4,9-11H2. The van der Waals surface area contributed by atoms with E-state index in [4.69, 9.17) is 10.00 Å². The van der Waals surface area contributed by atoms with Crippen LogP contribution in [0.5, 0.6) is 5.75 Å². The van der Waals surface area contributed by atoms with Crippen LogP contribution < -0.4 is 10.1 Å². The predicted octanol–water partition coefficient (Wildman–Crippen LogP) is 4.20. The Bertz CT molecular complexity index is 742. The van der Waals surface area contributed by atoms with Crippen LogP contribution in [0.4, 0.5) is 5.69 Å². The molecule has 2 aromatic rings. The number of hydrogen-bond donors (Lipinski definition) is 1. The molecule has 4 rings (SSSR count). The number of benzene rings is 1. The number of rotatable bonds is 2. The Kier molecular flexibility index (Phi) is 3.42. The molecule has 1 aromatic heterocycles. The van der Waals surface area contributed by atoms with Gasteiger partial charge in [0.05, 0.1) is 17.9 Å². The average Bonchev–Trinajstić information content (AvgIpc) is 3.03. The van der Waals surface area contributed by atoms with Crippen molar-refractivity contribution in [3.63, 3.8) is 0 Å². The molecule has 0 radical (unpaired) electrons. The monoisotopic (exact) mass is 305 g/mol. The second kappa shape index (κ2) is 5.58. The fourth-order valence-electron chi connectivity index (χ4n) is 3.82. The summed E-state index contributed by atoms with van der Waals surface area (Å²) in [7, 11) is 0. The highest BCUT2D eigenvalue weighted by atomic mass is 16.5. The van der Waals surface area contributed by atoms with Crippen LogP contribution in [0.2, 0.25) is 0 Å². The maximum Gasteiger partial charge on any atom is 0.140 e. The number of pyridine rings is 1. The first-order valence-corrected chi connectivity index (χ1v) is 8.19. The van der Waals surface area contributed by atoms with E-state index >= 15 is 0 Å². The summed E-state index contributed by atoms with van der Waals surface area (Å²) in [4.78, 5) is 4.15. The Morgan fingerprint density at radius 2 is 2.00 bits per heavy atom. The number of ether oxygens (including phenoxy) is 1. The van der Waals surface area contributed by atoms with Crippen molar-refractivity contribution in [2.75, 3.05) is 5.32 Å². The number of nitriles is 1. The van der Waals surface area contributed by atoms with Crippen LogP contribution in [0.25, 0.3) is 0 Å². The average molecular weight is 305 g/mol. The summed E-state index contributed by atoms with van der Waals surface area (Å²) in [5, 5.41) is 12.5. The minimum atomic E-state index is -0.0218. The minimum Gasteiger partial charge on any atom is -0.487 e. The summed E-state index contributed by atoms with van der Waals surface area (Å²) >= 11 is 0. The van der Waals surface area contributed by atoms with E-state index in [1.165, 1.54) is 18.4 Å². The molecule has 2 aliphatic rings. The van der Waals surface area contributed by atoms with Crippen LogP contribution in [0, 0.1) is 11.3 Å². The molecule has 1 aliphatic heterocycles. The van der Waals surface area contributed by atoms with Crippen LogP contribution in [0.1, 0.15) is 49.4 Å². The number of nitrogens with zero attached hydrogens (tertiary/aromatic N) is 2. The molecule has 0 bridgehead atoms. The topological polar surface area (TPSA) is 57.9 Å². The number of nitrogens with one attached hydrogen (secondary N) is 1. The van der Waals surface area contributed by atoms with Crippen molar-refractivity contribution in [2.24, 2.45) is 0 Å². The van der Waals surface area contributed by atoms with Crippen LogP contribution >= 0.6 is 0 Å². The van der Waals surface area contributed by atoms with Gasteiger partial charge in [0.15, 0.2) is 0 Å². The molecule has 1 saturated carbocycles. The molecule has 0 amide bonds. The first-order chi connectivity index (χ1) is 11.3. The van der Waals surface area contributed by atoms with Crippen LogP contribution in [-0.2, 0) is 0 Å². The molecule has 1 aliphatic carbocycles. The SMILES string of the molecule is N#Cc1ccc(NC2CC3(CCCC3)Oc3ccccc32)cn1. The first kappa shape index (κ1) is 14.1. The fourth-order valence-corrected chi connectivity index (χ4v) is 3.82. The molecule has 1 atom stereocenters. The molecule has 1 aromatic carbocycles. The van der Waals surface area contributed by atoms with Crippen LogP contribution in [-0.4, -0.2) is 10.6 Å². The Morgan fingerprint density at radius 3 is 2.74 bits per heavy atom. The van der Waals surface area contributed by atoms with Crippen molar-refractivity contribution < 1.29 is 4.74 Å². The molecule has 1 fully saturated rings. The zero-order valence-electron chi connectivity index (χ0n) is 13.0.